The van der Waals surface area contributed by atoms with Crippen LogP contribution in [0.1, 0.15) is 40.0 Å². The molecule has 2 rings (SSSR count). The van der Waals surface area contributed by atoms with E-state index < -0.39 is 0 Å². The molecular formula is C13H26N2. The van der Waals surface area contributed by atoms with Crippen molar-refractivity contribution in [1.82, 2.24) is 9.80 Å². The number of rotatable bonds is 2. The molecule has 1 aliphatic heterocycles. The van der Waals surface area contributed by atoms with Crippen LogP contribution in [0.25, 0.3) is 0 Å². The van der Waals surface area contributed by atoms with Gasteiger partial charge in [0.05, 0.1) is 0 Å². The molecule has 0 bridgehead atoms. The van der Waals surface area contributed by atoms with Gasteiger partial charge in [0.1, 0.15) is 0 Å². The van der Waals surface area contributed by atoms with Crippen molar-refractivity contribution >= 4 is 0 Å². The Labute approximate surface area is 94.6 Å². The Morgan fingerprint density at radius 1 is 1.00 bits per heavy atom. The van der Waals surface area contributed by atoms with Crippen LogP contribution in [0.2, 0.25) is 0 Å². The molecule has 0 aromatic rings. The van der Waals surface area contributed by atoms with Gasteiger partial charge in [-0.2, -0.15) is 0 Å². The zero-order chi connectivity index (χ0) is 10.9. The Balaban J connectivity index is 1.72. The van der Waals surface area contributed by atoms with Crippen molar-refractivity contribution in [2.24, 2.45) is 5.41 Å². The first-order valence-corrected chi connectivity index (χ1v) is 6.51. The highest BCUT2D eigenvalue weighted by Crippen LogP contribution is 2.26. The number of hydrogen-bond donors (Lipinski definition) is 0. The predicted molar refractivity (Wildman–Crippen MR) is 65.1 cm³/mol. The highest BCUT2D eigenvalue weighted by atomic mass is 15.3. The van der Waals surface area contributed by atoms with E-state index in [9.17, 15) is 0 Å². The summed E-state index contributed by atoms with van der Waals surface area (Å²) in [5.41, 5.74) is 0.457. The molecule has 0 amide bonds. The molecule has 1 saturated heterocycles. The molecule has 0 unspecified atom stereocenters. The second-order valence-corrected chi connectivity index (χ2v) is 6.46. The first-order valence-electron chi connectivity index (χ1n) is 6.51. The second-order valence-electron chi connectivity index (χ2n) is 6.46. The summed E-state index contributed by atoms with van der Waals surface area (Å²) >= 11 is 0. The predicted octanol–water partition coefficient (Wildman–Crippen LogP) is 2.20. The normalized spacial score (nSPS) is 26.6. The Hall–Kier alpha value is -0.0800. The number of hydrogen-bond acceptors (Lipinski definition) is 2. The van der Waals surface area contributed by atoms with Crippen LogP contribution in [0.15, 0.2) is 0 Å². The fraction of sp³-hybridized carbons (Fsp3) is 1.00. The van der Waals surface area contributed by atoms with Crippen LogP contribution in [0.3, 0.4) is 0 Å². The van der Waals surface area contributed by atoms with Gasteiger partial charge in [0.15, 0.2) is 0 Å². The summed E-state index contributed by atoms with van der Waals surface area (Å²) in [5, 5.41) is 0. The van der Waals surface area contributed by atoms with Crippen molar-refractivity contribution < 1.29 is 0 Å². The zero-order valence-corrected chi connectivity index (χ0v) is 10.6. The molecule has 0 aromatic carbocycles. The first-order chi connectivity index (χ1) is 7.04. The topological polar surface area (TPSA) is 6.48 Å². The largest absolute Gasteiger partial charge is 0.300 e. The third kappa shape index (κ3) is 3.18. The first kappa shape index (κ1) is 11.4. The lowest BCUT2D eigenvalue weighted by Gasteiger charge is -2.44. The van der Waals surface area contributed by atoms with E-state index in [0.717, 1.165) is 6.04 Å². The van der Waals surface area contributed by atoms with Crippen LogP contribution < -0.4 is 0 Å². The lowest BCUT2D eigenvalue weighted by molar-refractivity contribution is 0.0484. The second kappa shape index (κ2) is 4.42. The lowest BCUT2D eigenvalue weighted by Crippen LogP contribution is -2.53. The lowest BCUT2D eigenvalue weighted by atomic mass is 9.90. The van der Waals surface area contributed by atoms with Crippen molar-refractivity contribution in [3.8, 4) is 0 Å². The molecule has 0 N–H and O–H groups in total. The maximum atomic E-state index is 2.71. The molecule has 1 heterocycles. The van der Waals surface area contributed by atoms with Gasteiger partial charge < -0.3 is 4.90 Å². The summed E-state index contributed by atoms with van der Waals surface area (Å²) < 4.78 is 0. The average Bonchev–Trinajstić information content (AvgIpc) is 2.02. The molecule has 0 radical (unpaired) electrons. The van der Waals surface area contributed by atoms with Gasteiger partial charge in [0.25, 0.3) is 0 Å². The molecule has 0 aromatic heterocycles. The van der Waals surface area contributed by atoms with Gasteiger partial charge in [-0.1, -0.05) is 27.2 Å². The summed E-state index contributed by atoms with van der Waals surface area (Å²) in [6.45, 7) is 13.5. The molecule has 0 spiro atoms. The minimum Gasteiger partial charge on any atom is -0.300 e. The molecule has 1 aliphatic carbocycles. The van der Waals surface area contributed by atoms with Crippen molar-refractivity contribution in [1.29, 1.82) is 0 Å². The monoisotopic (exact) mass is 210 g/mol. The van der Waals surface area contributed by atoms with E-state index in [1.54, 1.807) is 0 Å². The molecule has 2 nitrogen and oxygen atoms in total. The van der Waals surface area contributed by atoms with Crippen molar-refractivity contribution in [3.63, 3.8) is 0 Å². The third-order valence-electron chi connectivity index (χ3n) is 3.70. The third-order valence-corrected chi connectivity index (χ3v) is 3.70. The van der Waals surface area contributed by atoms with Gasteiger partial charge in [0.2, 0.25) is 0 Å². The van der Waals surface area contributed by atoms with Crippen LogP contribution in [0.4, 0.5) is 0 Å². The SMILES string of the molecule is CC(C)(C)CN1CCN(C2CCC2)CC1. The molecule has 0 atom stereocenters. The van der Waals surface area contributed by atoms with Crippen LogP contribution >= 0.6 is 0 Å². The van der Waals surface area contributed by atoms with Crippen LogP contribution in [0.5, 0.6) is 0 Å². The van der Waals surface area contributed by atoms with Gasteiger partial charge in [-0.3, -0.25) is 4.90 Å². The smallest absolute Gasteiger partial charge is 0.0113 e. The Morgan fingerprint density at radius 2 is 1.60 bits per heavy atom. The Kier molecular flexibility index (Phi) is 3.36. The molecule has 2 fully saturated rings. The molecule has 2 aliphatic rings. The van der Waals surface area contributed by atoms with E-state index in [0.29, 0.717) is 5.41 Å². The zero-order valence-electron chi connectivity index (χ0n) is 10.6. The van der Waals surface area contributed by atoms with E-state index in [2.05, 4.69) is 30.6 Å². The minimum absolute atomic E-state index is 0.457. The van der Waals surface area contributed by atoms with Crippen LogP contribution in [0, 0.1) is 5.41 Å². The molecule has 1 saturated carbocycles. The van der Waals surface area contributed by atoms with Gasteiger partial charge in [-0.05, 0) is 18.3 Å². The minimum atomic E-state index is 0.457. The fourth-order valence-corrected chi connectivity index (χ4v) is 2.71. The Morgan fingerprint density at radius 3 is 2.00 bits per heavy atom. The molecule has 88 valence electrons. The standard InChI is InChI=1S/C13H26N2/c1-13(2,3)11-14-7-9-15(10-8-14)12-5-4-6-12/h12H,4-11H2,1-3H3. The van der Waals surface area contributed by atoms with Gasteiger partial charge in [0, 0.05) is 38.8 Å². The van der Waals surface area contributed by atoms with Gasteiger partial charge in [-0.25, -0.2) is 0 Å². The molecular weight excluding hydrogens is 184 g/mol. The van der Waals surface area contributed by atoms with Crippen molar-refractivity contribution in [3.05, 3.63) is 0 Å². The number of piperazine rings is 1. The van der Waals surface area contributed by atoms with E-state index >= 15 is 0 Å². The van der Waals surface area contributed by atoms with Gasteiger partial charge >= 0.3 is 0 Å². The maximum absolute atomic E-state index is 2.71. The van der Waals surface area contributed by atoms with E-state index in [1.807, 2.05) is 0 Å². The quantitative estimate of drug-likeness (QED) is 0.689. The van der Waals surface area contributed by atoms with Crippen molar-refractivity contribution in [2.75, 3.05) is 32.7 Å². The fourth-order valence-electron chi connectivity index (χ4n) is 2.71. The van der Waals surface area contributed by atoms with Crippen LogP contribution in [-0.2, 0) is 0 Å². The summed E-state index contributed by atoms with van der Waals surface area (Å²) in [5.74, 6) is 0. The molecule has 2 heteroatoms. The summed E-state index contributed by atoms with van der Waals surface area (Å²) in [6.07, 6.45) is 4.38. The maximum Gasteiger partial charge on any atom is 0.0113 e. The summed E-state index contributed by atoms with van der Waals surface area (Å²) in [6, 6.07) is 0.946. The van der Waals surface area contributed by atoms with Crippen LogP contribution in [-0.4, -0.2) is 48.6 Å². The van der Waals surface area contributed by atoms with Crippen molar-refractivity contribution in [2.45, 2.75) is 46.1 Å². The number of nitrogens with zero attached hydrogens (tertiary/aromatic N) is 2. The molecule has 15 heavy (non-hydrogen) atoms. The van der Waals surface area contributed by atoms with E-state index in [-0.39, 0.29) is 0 Å². The average molecular weight is 210 g/mol. The van der Waals surface area contributed by atoms with Gasteiger partial charge in [-0.15, -0.1) is 0 Å². The highest BCUT2D eigenvalue weighted by Gasteiger charge is 2.28. The highest BCUT2D eigenvalue weighted by molar-refractivity contribution is 4.84. The summed E-state index contributed by atoms with van der Waals surface area (Å²) in [7, 11) is 0. The Bertz CT molecular complexity index is 195. The summed E-state index contributed by atoms with van der Waals surface area (Å²) in [4.78, 5) is 5.35. The van der Waals surface area contributed by atoms with E-state index in [4.69, 9.17) is 0 Å². The van der Waals surface area contributed by atoms with E-state index in [1.165, 1.54) is 52.0 Å².